The Bertz CT molecular complexity index is 310. The summed E-state index contributed by atoms with van der Waals surface area (Å²) in [5.41, 5.74) is 1.27. The lowest BCUT2D eigenvalue weighted by Crippen LogP contribution is -1.95. The van der Waals surface area contributed by atoms with Gasteiger partial charge in [-0.1, -0.05) is 28.9 Å². The maximum Gasteiger partial charge on any atom is 0.231 e. The Morgan fingerprint density at radius 3 is 2.92 bits per heavy atom. The van der Waals surface area contributed by atoms with Gasteiger partial charge in [-0.25, -0.2) is 0 Å². The summed E-state index contributed by atoms with van der Waals surface area (Å²) in [7, 11) is 0. The van der Waals surface area contributed by atoms with E-state index in [-0.39, 0.29) is 0 Å². The first-order valence-corrected chi connectivity index (χ1v) is 5.20. The van der Waals surface area contributed by atoms with Crippen LogP contribution in [0.4, 0.5) is 0 Å². The van der Waals surface area contributed by atoms with E-state index < -0.39 is 0 Å². The minimum Gasteiger partial charge on any atom is -0.454 e. The Hall–Kier alpha value is -0.700. The molecule has 1 aromatic carbocycles. The molecule has 1 heterocycles. The minimum atomic E-state index is 0.350. The van der Waals surface area contributed by atoms with Crippen LogP contribution in [0.2, 0.25) is 0 Å². The third-order valence-electron chi connectivity index (χ3n) is 1.95. The van der Waals surface area contributed by atoms with Crippen molar-refractivity contribution in [2.24, 2.45) is 0 Å². The van der Waals surface area contributed by atoms with Gasteiger partial charge >= 0.3 is 0 Å². The van der Waals surface area contributed by atoms with Crippen LogP contribution in [0.15, 0.2) is 18.2 Å². The van der Waals surface area contributed by atoms with Crippen molar-refractivity contribution in [3.63, 3.8) is 0 Å². The predicted molar refractivity (Wildman–Crippen MR) is 54.7 cm³/mol. The highest BCUT2D eigenvalue weighted by Gasteiger charge is 2.13. The zero-order chi connectivity index (χ0) is 9.26. The normalized spacial score (nSPS) is 15.8. The summed E-state index contributed by atoms with van der Waals surface area (Å²) in [5.74, 6) is 1.72. The number of ether oxygens (including phenoxy) is 2. The summed E-state index contributed by atoms with van der Waals surface area (Å²) < 4.78 is 10.5. The van der Waals surface area contributed by atoms with Gasteiger partial charge in [-0.15, -0.1) is 0 Å². The molecule has 0 amide bonds. The van der Waals surface area contributed by atoms with Gasteiger partial charge in [0, 0.05) is 4.83 Å². The highest BCUT2D eigenvalue weighted by atomic mass is 79.9. The molecule has 0 aromatic heterocycles. The molecule has 2 nitrogen and oxygen atoms in total. The fourth-order valence-corrected chi connectivity index (χ4v) is 1.77. The van der Waals surface area contributed by atoms with E-state index in [1.165, 1.54) is 5.56 Å². The SMILES string of the molecule is C[C@H](Br)Cc1ccc2c(c1)OCO2. The van der Waals surface area contributed by atoms with Crippen molar-refractivity contribution in [2.45, 2.75) is 18.2 Å². The molecular formula is C10H11BrO2. The Labute approximate surface area is 86.0 Å². The highest BCUT2D eigenvalue weighted by Crippen LogP contribution is 2.32. The molecule has 2 rings (SSSR count). The number of fused-ring (bicyclic) bond motifs is 1. The van der Waals surface area contributed by atoms with Crippen molar-refractivity contribution < 1.29 is 9.47 Å². The number of halogens is 1. The quantitative estimate of drug-likeness (QED) is 0.743. The molecule has 1 aliphatic heterocycles. The minimum absolute atomic E-state index is 0.350. The first kappa shape index (κ1) is 8.88. The number of hydrogen-bond donors (Lipinski definition) is 0. The van der Waals surface area contributed by atoms with Crippen LogP contribution in [0, 0.1) is 0 Å². The zero-order valence-corrected chi connectivity index (χ0v) is 9.00. The maximum absolute atomic E-state index is 5.28. The molecule has 0 saturated heterocycles. The third-order valence-corrected chi connectivity index (χ3v) is 2.28. The summed E-state index contributed by atoms with van der Waals surface area (Å²) in [5, 5.41) is 0. The predicted octanol–water partition coefficient (Wildman–Crippen LogP) is 2.74. The molecule has 3 heteroatoms. The smallest absolute Gasteiger partial charge is 0.231 e. The average Bonchev–Trinajstić information content (AvgIpc) is 2.49. The summed E-state index contributed by atoms with van der Waals surface area (Å²) >= 11 is 3.52. The van der Waals surface area contributed by atoms with E-state index in [0.29, 0.717) is 11.6 Å². The van der Waals surface area contributed by atoms with Crippen LogP contribution < -0.4 is 9.47 Å². The fraction of sp³-hybridized carbons (Fsp3) is 0.400. The van der Waals surface area contributed by atoms with Gasteiger partial charge in [0.2, 0.25) is 6.79 Å². The van der Waals surface area contributed by atoms with Crippen LogP contribution in [0.25, 0.3) is 0 Å². The lowest BCUT2D eigenvalue weighted by atomic mass is 10.1. The molecule has 13 heavy (non-hydrogen) atoms. The molecule has 0 bridgehead atoms. The molecular weight excluding hydrogens is 232 g/mol. The maximum atomic E-state index is 5.28. The van der Waals surface area contributed by atoms with Crippen molar-refractivity contribution in [1.82, 2.24) is 0 Å². The van der Waals surface area contributed by atoms with E-state index in [4.69, 9.17) is 9.47 Å². The zero-order valence-electron chi connectivity index (χ0n) is 7.42. The van der Waals surface area contributed by atoms with Crippen LogP contribution >= 0.6 is 15.9 Å². The summed E-state index contributed by atoms with van der Waals surface area (Å²) in [6, 6.07) is 6.08. The number of rotatable bonds is 2. The van der Waals surface area contributed by atoms with Crippen molar-refractivity contribution in [3.8, 4) is 11.5 Å². The van der Waals surface area contributed by atoms with Gasteiger partial charge in [0.05, 0.1) is 0 Å². The summed E-state index contributed by atoms with van der Waals surface area (Å²) in [4.78, 5) is 0.493. The van der Waals surface area contributed by atoms with E-state index in [0.717, 1.165) is 17.9 Å². The first-order valence-electron chi connectivity index (χ1n) is 4.28. The third kappa shape index (κ3) is 1.97. The number of alkyl halides is 1. The molecule has 0 aliphatic carbocycles. The van der Waals surface area contributed by atoms with Crippen LogP contribution in [0.3, 0.4) is 0 Å². The van der Waals surface area contributed by atoms with Gasteiger partial charge < -0.3 is 9.47 Å². The van der Waals surface area contributed by atoms with Gasteiger partial charge in [0.15, 0.2) is 11.5 Å². The van der Waals surface area contributed by atoms with E-state index in [1.807, 2.05) is 12.1 Å². The van der Waals surface area contributed by atoms with Crippen LogP contribution in [0.5, 0.6) is 11.5 Å². The van der Waals surface area contributed by atoms with Gasteiger partial charge in [0.1, 0.15) is 0 Å². The van der Waals surface area contributed by atoms with Crippen molar-refractivity contribution in [2.75, 3.05) is 6.79 Å². The lowest BCUT2D eigenvalue weighted by Gasteiger charge is -2.04. The Balaban J connectivity index is 2.21. The second kappa shape index (κ2) is 3.58. The van der Waals surface area contributed by atoms with Crippen LogP contribution in [0.1, 0.15) is 12.5 Å². The van der Waals surface area contributed by atoms with Gasteiger partial charge in [-0.05, 0) is 24.1 Å². The molecule has 0 saturated carbocycles. The Morgan fingerprint density at radius 2 is 2.15 bits per heavy atom. The Kier molecular flexibility index (Phi) is 2.44. The molecule has 1 atom stereocenters. The molecule has 1 aliphatic rings. The topological polar surface area (TPSA) is 18.5 Å². The largest absolute Gasteiger partial charge is 0.454 e. The monoisotopic (exact) mass is 242 g/mol. The van der Waals surface area contributed by atoms with E-state index >= 15 is 0 Å². The van der Waals surface area contributed by atoms with E-state index in [1.54, 1.807) is 0 Å². The second-order valence-corrected chi connectivity index (χ2v) is 4.74. The molecule has 0 fully saturated rings. The van der Waals surface area contributed by atoms with Gasteiger partial charge in [-0.2, -0.15) is 0 Å². The molecule has 0 unspecified atom stereocenters. The van der Waals surface area contributed by atoms with Crippen LogP contribution in [-0.4, -0.2) is 11.6 Å². The van der Waals surface area contributed by atoms with Crippen molar-refractivity contribution in [3.05, 3.63) is 23.8 Å². The molecule has 70 valence electrons. The van der Waals surface area contributed by atoms with Gasteiger partial charge in [-0.3, -0.25) is 0 Å². The summed E-state index contributed by atoms with van der Waals surface area (Å²) in [6.07, 6.45) is 1.01. The standard InChI is InChI=1S/C10H11BrO2/c1-7(11)4-8-2-3-9-10(5-8)13-6-12-9/h2-3,5,7H,4,6H2,1H3/t7-/m0/s1. The molecule has 0 spiro atoms. The fourth-order valence-electron chi connectivity index (χ4n) is 1.39. The highest BCUT2D eigenvalue weighted by molar-refractivity contribution is 9.09. The van der Waals surface area contributed by atoms with E-state index in [9.17, 15) is 0 Å². The van der Waals surface area contributed by atoms with Gasteiger partial charge in [0.25, 0.3) is 0 Å². The number of benzene rings is 1. The Morgan fingerprint density at radius 1 is 1.38 bits per heavy atom. The van der Waals surface area contributed by atoms with Crippen molar-refractivity contribution in [1.29, 1.82) is 0 Å². The molecule has 1 aromatic rings. The molecule has 0 N–H and O–H groups in total. The average molecular weight is 243 g/mol. The first-order chi connectivity index (χ1) is 6.25. The lowest BCUT2D eigenvalue weighted by molar-refractivity contribution is 0.174. The number of hydrogen-bond acceptors (Lipinski definition) is 2. The van der Waals surface area contributed by atoms with Crippen molar-refractivity contribution >= 4 is 15.9 Å². The molecule has 0 radical (unpaired) electrons. The second-order valence-electron chi connectivity index (χ2n) is 3.17. The van der Waals surface area contributed by atoms with E-state index in [2.05, 4.69) is 28.9 Å². The van der Waals surface area contributed by atoms with Crippen LogP contribution in [-0.2, 0) is 6.42 Å². The summed E-state index contributed by atoms with van der Waals surface area (Å²) in [6.45, 7) is 2.48.